The van der Waals surface area contributed by atoms with Crippen LogP contribution in [0.4, 0.5) is 4.79 Å². The van der Waals surface area contributed by atoms with Crippen molar-refractivity contribution >= 4 is 12.0 Å². The summed E-state index contributed by atoms with van der Waals surface area (Å²) in [6.45, 7) is 6.14. The van der Waals surface area contributed by atoms with E-state index in [9.17, 15) is 9.59 Å². The Hall–Kier alpha value is -1.34. The van der Waals surface area contributed by atoms with Crippen LogP contribution in [0.2, 0.25) is 0 Å². The number of piperazine rings is 1. The first-order valence-electron chi connectivity index (χ1n) is 7.03. The van der Waals surface area contributed by atoms with E-state index in [-0.39, 0.29) is 18.5 Å². The van der Waals surface area contributed by atoms with Crippen LogP contribution in [-0.2, 0) is 4.79 Å². The Morgan fingerprint density at radius 1 is 1.25 bits per heavy atom. The molecular weight excluding hydrogens is 260 g/mol. The molecule has 2 amide bonds. The molecule has 0 bridgehead atoms. The summed E-state index contributed by atoms with van der Waals surface area (Å²) in [5.74, 6) is -0.775. The Morgan fingerprint density at radius 3 is 2.35 bits per heavy atom. The fourth-order valence-corrected chi connectivity index (χ4v) is 2.32. The minimum absolute atomic E-state index is 0.0303. The van der Waals surface area contributed by atoms with Gasteiger partial charge in [-0.05, 0) is 21.0 Å². The number of carbonyl (C=O) groups is 2. The van der Waals surface area contributed by atoms with E-state index < -0.39 is 5.97 Å². The number of carboxylic acids is 1. The average molecular weight is 286 g/mol. The van der Waals surface area contributed by atoms with E-state index in [1.165, 1.54) is 0 Å². The van der Waals surface area contributed by atoms with Crippen LogP contribution >= 0.6 is 0 Å². The quantitative estimate of drug-likeness (QED) is 0.703. The third kappa shape index (κ3) is 6.21. The molecule has 0 saturated carbocycles. The molecule has 0 aromatic heterocycles. The van der Waals surface area contributed by atoms with Crippen molar-refractivity contribution in [3.8, 4) is 0 Å². The summed E-state index contributed by atoms with van der Waals surface area (Å²) in [7, 11) is 3.95. The second-order valence-corrected chi connectivity index (χ2v) is 5.59. The zero-order chi connectivity index (χ0) is 15.1. The average Bonchev–Trinajstić information content (AvgIpc) is 2.35. The van der Waals surface area contributed by atoms with Gasteiger partial charge in [-0.1, -0.05) is 0 Å². The number of carboxylic acid groups (broad SMARTS) is 1. The van der Waals surface area contributed by atoms with E-state index in [1.54, 1.807) is 4.90 Å². The number of amides is 2. The minimum atomic E-state index is -0.775. The molecule has 116 valence electrons. The summed E-state index contributed by atoms with van der Waals surface area (Å²) in [6, 6.07) is 0.0831. The van der Waals surface area contributed by atoms with Gasteiger partial charge in [0, 0.05) is 45.3 Å². The molecule has 1 atom stereocenters. The first kappa shape index (κ1) is 16.7. The Balaban J connectivity index is 2.26. The van der Waals surface area contributed by atoms with E-state index >= 15 is 0 Å². The Morgan fingerprint density at radius 2 is 1.85 bits per heavy atom. The van der Waals surface area contributed by atoms with Gasteiger partial charge in [0.25, 0.3) is 0 Å². The van der Waals surface area contributed by atoms with Crippen LogP contribution < -0.4 is 5.32 Å². The molecule has 0 spiro atoms. The maximum atomic E-state index is 12.0. The molecule has 1 saturated heterocycles. The van der Waals surface area contributed by atoms with Crippen LogP contribution in [0.25, 0.3) is 0 Å². The van der Waals surface area contributed by atoms with Crippen molar-refractivity contribution in [2.45, 2.75) is 19.4 Å². The van der Waals surface area contributed by atoms with E-state index in [0.717, 1.165) is 19.6 Å². The number of rotatable bonds is 6. The first-order chi connectivity index (χ1) is 9.38. The Labute approximate surface area is 120 Å². The van der Waals surface area contributed by atoms with Crippen LogP contribution in [0.5, 0.6) is 0 Å². The Bertz CT molecular complexity index is 328. The van der Waals surface area contributed by atoms with Crippen LogP contribution in [0, 0.1) is 0 Å². The van der Waals surface area contributed by atoms with E-state index in [0.29, 0.717) is 19.6 Å². The molecule has 1 rings (SSSR count). The number of likely N-dealkylation sites (N-methyl/N-ethyl adjacent to an activating group) is 1. The summed E-state index contributed by atoms with van der Waals surface area (Å²) >= 11 is 0. The van der Waals surface area contributed by atoms with E-state index in [1.807, 2.05) is 25.9 Å². The number of urea groups is 1. The lowest BCUT2D eigenvalue weighted by molar-refractivity contribution is -0.137. The van der Waals surface area contributed by atoms with Crippen molar-refractivity contribution in [1.29, 1.82) is 0 Å². The van der Waals surface area contributed by atoms with Gasteiger partial charge in [-0.15, -0.1) is 0 Å². The van der Waals surface area contributed by atoms with Gasteiger partial charge < -0.3 is 20.2 Å². The Kier molecular flexibility index (Phi) is 6.74. The van der Waals surface area contributed by atoms with E-state index in [2.05, 4.69) is 10.2 Å². The van der Waals surface area contributed by atoms with Gasteiger partial charge >= 0.3 is 12.0 Å². The lowest BCUT2D eigenvalue weighted by atomic mass is 10.3. The van der Waals surface area contributed by atoms with Crippen molar-refractivity contribution in [2.75, 3.05) is 53.4 Å². The topological polar surface area (TPSA) is 76.1 Å². The van der Waals surface area contributed by atoms with Crippen LogP contribution in [-0.4, -0.2) is 91.2 Å². The second-order valence-electron chi connectivity index (χ2n) is 5.59. The lowest BCUT2D eigenvalue weighted by Crippen LogP contribution is -2.54. The molecule has 1 fully saturated rings. The number of hydrogen-bond acceptors (Lipinski definition) is 4. The number of carbonyl (C=O) groups excluding carboxylic acids is 1. The molecule has 0 radical (unpaired) electrons. The molecule has 1 aliphatic heterocycles. The van der Waals surface area contributed by atoms with Gasteiger partial charge in [-0.3, -0.25) is 9.69 Å². The summed E-state index contributed by atoms with van der Waals surface area (Å²) in [4.78, 5) is 28.5. The van der Waals surface area contributed by atoms with Crippen LogP contribution in [0.15, 0.2) is 0 Å². The monoisotopic (exact) mass is 286 g/mol. The summed E-state index contributed by atoms with van der Waals surface area (Å²) in [5, 5.41) is 11.6. The standard InChI is InChI=1S/C13H26N4O3/c1-11(10-15(2)3)14-13(20)17-8-6-16(7-9-17)5-4-12(18)19/h11H,4-10H2,1-3H3,(H,14,20)(H,18,19). The number of hydrogen-bond donors (Lipinski definition) is 2. The van der Waals surface area contributed by atoms with Crippen LogP contribution in [0.3, 0.4) is 0 Å². The summed E-state index contributed by atoms with van der Waals surface area (Å²) in [6.07, 6.45) is 0.159. The van der Waals surface area contributed by atoms with E-state index in [4.69, 9.17) is 5.11 Å². The molecule has 1 heterocycles. The van der Waals surface area contributed by atoms with Gasteiger partial charge in [0.1, 0.15) is 0 Å². The van der Waals surface area contributed by atoms with Crippen molar-refractivity contribution in [3.05, 3.63) is 0 Å². The molecule has 2 N–H and O–H groups in total. The fraction of sp³-hybridized carbons (Fsp3) is 0.846. The van der Waals surface area contributed by atoms with Crippen molar-refractivity contribution < 1.29 is 14.7 Å². The van der Waals surface area contributed by atoms with Gasteiger partial charge in [-0.25, -0.2) is 4.79 Å². The molecule has 7 nitrogen and oxygen atoms in total. The SMILES string of the molecule is CC(CN(C)C)NC(=O)N1CCN(CCC(=O)O)CC1. The maximum absolute atomic E-state index is 12.0. The molecule has 20 heavy (non-hydrogen) atoms. The third-order valence-corrected chi connectivity index (χ3v) is 3.31. The van der Waals surface area contributed by atoms with Gasteiger partial charge in [0.2, 0.25) is 0 Å². The largest absolute Gasteiger partial charge is 0.481 e. The number of aliphatic carboxylic acids is 1. The van der Waals surface area contributed by atoms with Gasteiger partial charge in [-0.2, -0.15) is 0 Å². The summed E-state index contributed by atoms with van der Waals surface area (Å²) in [5.41, 5.74) is 0. The molecule has 1 unspecified atom stereocenters. The molecule has 1 aliphatic rings. The fourth-order valence-electron chi connectivity index (χ4n) is 2.32. The molecule has 0 aromatic carbocycles. The highest BCUT2D eigenvalue weighted by molar-refractivity contribution is 5.74. The molecule has 0 aliphatic carbocycles. The zero-order valence-corrected chi connectivity index (χ0v) is 12.6. The maximum Gasteiger partial charge on any atom is 0.317 e. The predicted molar refractivity (Wildman–Crippen MR) is 76.8 cm³/mol. The number of nitrogens with zero attached hydrogens (tertiary/aromatic N) is 3. The lowest BCUT2D eigenvalue weighted by Gasteiger charge is -2.35. The third-order valence-electron chi connectivity index (χ3n) is 3.31. The summed E-state index contributed by atoms with van der Waals surface area (Å²) < 4.78 is 0. The van der Waals surface area contributed by atoms with Crippen molar-refractivity contribution in [3.63, 3.8) is 0 Å². The molecular formula is C13H26N4O3. The highest BCUT2D eigenvalue weighted by Crippen LogP contribution is 2.03. The van der Waals surface area contributed by atoms with Gasteiger partial charge in [0.05, 0.1) is 6.42 Å². The highest BCUT2D eigenvalue weighted by Gasteiger charge is 2.22. The zero-order valence-electron chi connectivity index (χ0n) is 12.6. The number of nitrogens with one attached hydrogen (secondary N) is 1. The van der Waals surface area contributed by atoms with Crippen molar-refractivity contribution in [1.82, 2.24) is 20.0 Å². The first-order valence-corrected chi connectivity index (χ1v) is 7.03. The normalized spacial score (nSPS) is 18.1. The second kappa shape index (κ2) is 8.06. The predicted octanol–water partition coefficient (Wildman–Crippen LogP) is -0.262. The van der Waals surface area contributed by atoms with Gasteiger partial charge in [0.15, 0.2) is 0 Å². The smallest absolute Gasteiger partial charge is 0.317 e. The molecule has 0 aromatic rings. The highest BCUT2D eigenvalue weighted by atomic mass is 16.4. The van der Waals surface area contributed by atoms with Crippen LogP contribution in [0.1, 0.15) is 13.3 Å². The van der Waals surface area contributed by atoms with Crippen molar-refractivity contribution in [2.24, 2.45) is 0 Å². The molecule has 7 heteroatoms. The minimum Gasteiger partial charge on any atom is -0.481 e.